The van der Waals surface area contributed by atoms with Gasteiger partial charge in [-0.3, -0.25) is 4.79 Å². The number of hydrogen-bond donors (Lipinski definition) is 2. The number of nitrogens with one attached hydrogen (secondary N) is 2. The second-order valence-electron chi connectivity index (χ2n) is 4.12. The summed E-state index contributed by atoms with van der Waals surface area (Å²) in [6.07, 6.45) is 0.259. The maximum absolute atomic E-state index is 11.7. The number of halogens is 1. The van der Waals surface area contributed by atoms with Crippen LogP contribution in [0.4, 0.5) is 0 Å². The first-order valence-corrected chi connectivity index (χ1v) is 6.85. The van der Waals surface area contributed by atoms with Crippen LogP contribution in [-0.4, -0.2) is 33.1 Å². The molecule has 1 aromatic heterocycles. The van der Waals surface area contributed by atoms with Gasteiger partial charge < -0.3 is 10.1 Å². The van der Waals surface area contributed by atoms with E-state index in [1.807, 2.05) is 24.3 Å². The molecule has 0 saturated carbocycles. The molecule has 1 atom stereocenters. The number of ether oxygens (including phenoxy) is 1. The molecule has 1 unspecified atom stereocenters. The first kappa shape index (κ1) is 14.4. The molecule has 106 valence electrons. The Bertz CT molecular complexity index is 561. The molecule has 1 aromatic carbocycles. The average molecular weight is 340 g/mol. The molecule has 0 spiro atoms. The minimum atomic E-state index is -0.285. The summed E-state index contributed by atoms with van der Waals surface area (Å²) < 4.78 is 6.42. The Morgan fingerprint density at radius 3 is 3.10 bits per heavy atom. The molecule has 20 heavy (non-hydrogen) atoms. The second-order valence-corrected chi connectivity index (χ2v) is 5.03. The summed E-state index contributed by atoms with van der Waals surface area (Å²) >= 11 is 3.36. The van der Waals surface area contributed by atoms with Crippen molar-refractivity contribution in [2.75, 3.05) is 6.61 Å². The monoisotopic (exact) mass is 339 g/mol. The van der Waals surface area contributed by atoms with Gasteiger partial charge in [-0.25, -0.2) is 0 Å². The van der Waals surface area contributed by atoms with Gasteiger partial charge >= 0.3 is 0 Å². The average Bonchev–Trinajstić information content (AvgIpc) is 2.92. The Labute approximate surface area is 124 Å². The fourth-order valence-corrected chi connectivity index (χ4v) is 1.93. The molecule has 0 aliphatic rings. The topological polar surface area (TPSA) is 92.8 Å². The molecule has 0 fully saturated rings. The molecule has 0 bridgehead atoms. The van der Waals surface area contributed by atoms with Crippen LogP contribution in [0.3, 0.4) is 0 Å². The Hall–Kier alpha value is -1.96. The fraction of sp³-hybridized carbons (Fsp3) is 0.333. The first-order valence-electron chi connectivity index (χ1n) is 6.06. The molecule has 0 saturated heterocycles. The summed E-state index contributed by atoms with van der Waals surface area (Å²) in [7, 11) is 0. The van der Waals surface area contributed by atoms with Gasteiger partial charge in [-0.2, -0.15) is 5.21 Å². The van der Waals surface area contributed by atoms with Crippen molar-refractivity contribution in [2.24, 2.45) is 0 Å². The van der Waals surface area contributed by atoms with Crippen molar-refractivity contribution in [1.29, 1.82) is 0 Å². The van der Waals surface area contributed by atoms with Gasteiger partial charge in [-0.15, -0.1) is 10.2 Å². The van der Waals surface area contributed by atoms with Crippen LogP contribution in [0, 0.1) is 0 Å². The van der Waals surface area contributed by atoms with Crippen LogP contribution in [0.2, 0.25) is 0 Å². The summed E-state index contributed by atoms with van der Waals surface area (Å²) in [6.45, 7) is 2.10. The lowest BCUT2D eigenvalue weighted by atomic mass is 10.3. The summed E-state index contributed by atoms with van der Waals surface area (Å²) in [5, 5.41) is 16.2. The zero-order chi connectivity index (χ0) is 14.4. The maximum Gasteiger partial charge on any atom is 0.224 e. The van der Waals surface area contributed by atoms with Gasteiger partial charge in [0.1, 0.15) is 5.75 Å². The summed E-state index contributed by atoms with van der Waals surface area (Å²) in [6, 6.07) is 7.18. The van der Waals surface area contributed by atoms with Gasteiger partial charge in [0.2, 0.25) is 5.91 Å². The molecular weight excluding hydrogens is 326 g/mol. The molecule has 0 aliphatic carbocycles. The van der Waals surface area contributed by atoms with Crippen LogP contribution in [0.1, 0.15) is 25.2 Å². The zero-order valence-corrected chi connectivity index (χ0v) is 12.4. The van der Waals surface area contributed by atoms with Crippen molar-refractivity contribution >= 4 is 21.8 Å². The lowest BCUT2D eigenvalue weighted by molar-refractivity contribution is -0.122. The number of rotatable bonds is 6. The summed E-state index contributed by atoms with van der Waals surface area (Å²) in [5.74, 6) is 1.04. The van der Waals surface area contributed by atoms with Crippen LogP contribution in [-0.2, 0) is 4.79 Å². The zero-order valence-electron chi connectivity index (χ0n) is 10.8. The van der Waals surface area contributed by atoms with E-state index in [2.05, 4.69) is 41.9 Å². The largest absolute Gasteiger partial charge is 0.493 e. The molecule has 2 rings (SSSR count). The van der Waals surface area contributed by atoms with Crippen LogP contribution < -0.4 is 10.1 Å². The number of benzene rings is 1. The summed E-state index contributed by atoms with van der Waals surface area (Å²) in [5.41, 5.74) is 0. The maximum atomic E-state index is 11.7. The van der Waals surface area contributed by atoms with Gasteiger partial charge in [0.15, 0.2) is 5.82 Å². The summed E-state index contributed by atoms with van der Waals surface area (Å²) in [4.78, 5) is 11.7. The van der Waals surface area contributed by atoms with E-state index in [1.54, 1.807) is 6.92 Å². The molecule has 2 N–H and O–H groups in total. The predicted molar refractivity (Wildman–Crippen MR) is 75.0 cm³/mol. The van der Waals surface area contributed by atoms with Crippen LogP contribution in [0.5, 0.6) is 5.75 Å². The smallest absolute Gasteiger partial charge is 0.224 e. The van der Waals surface area contributed by atoms with Crippen molar-refractivity contribution < 1.29 is 9.53 Å². The SMILES string of the molecule is CC(NC(=O)CCOc1cccc(Br)c1)c1nn[nH]n1. The first-order chi connectivity index (χ1) is 9.65. The molecule has 7 nitrogen and oxygen atoms in total. The normalized spacial score (nSPS) is 11.9. The molecule has 0 aliphatic heterocycles. The number of carbonyl (C=O) groups excluding carboxylic acids is 1. The lowest BCUT2D eigenvalue weighted by Crippen LogP contribution is -2.28. The van der Waals surface area contributed by atoms with E-state index in [-0.39, 0.29) is 18.4 Å². The standard InChI is InChI=1S/C12H14BrN5O2/c1-8(12-15-17-18-16-12)14-11(19)5-6-20-10-4-2-3-9(13)7-10/h2-4,7-8H,5-6H2,1H3,(H,14,19)(H,15,16,17,18). The van der Waals surface area contributed by atoms with Gasteiger partial charge in [-0.1, -0.05) is 27.2 Å². The van der Waals surface area contributed by atoms with Gasteiger partial charge in [0.25, 0.3) is 0 Å². The number of nitrogens with zero attached hydrogens (tertiary/aromatic N) is 3. The van der Waals surface area contributed by atoms with Crippen LogP contribution in [0.15, 0.2) is 28.7 Å². The molecule has 8 heteroatoms. The van der Waals surface area contributed by atoms with Gasteiger partial charge in [0, 0.05) is 4.47 Å². The second kappa shape index (κ2) is 6.99. The molecule has 1 heterocycles. The Kier molecular flexibility index (Phi) is 5.05. The molecule has 0 radical (unpaired) electrons. The van der Waals surface area contributed by atoms with E-state index < -0.39 is 0 Å². The number of aromatic amines is 1. The molecular formula is C12H14BrN5O2. The number of tetrazole rings is 1. The van der Waals surface area contributed by atoms with E-state index in [1.165, 1.54) is 0 Å². The highest BCUT2D eigenvalue weighted by Crippen LogP contribution is 2.17. The van der Waals surface area contributed by atoms with E-state index >= 15 is 0 Å². The third-order valence-electron chi connectivity index (χ3n) is 2.52. The fourth-order valence-electron chi connectivity index (χ4n) is 1.55. The minimum absolute atomic E-state index is 0.128. The van der Waals surface area contributed by atoms with E-state index in [4.69, 9.17) is 4.74 Å². The minimum Gasteiger partial charge on any atom is -0.493 e. The number of aromatic nitrogens is 4. The van der Waals surface area contributed by atoms with Crippen molar-refractivity contribution in [3.63, 3.8) is 0 Å². The highest BCUT2D eigenvalue weighted by Gasteiger charge is 2.13. The third-order valence-corrected chi connectivity index (χ3v) is 3.01. The van der Waals surface area contributed by atoms with Crippen molar-refractivity contribution in [1.82, 2.24) is 25.9 Å². The van der Waals surface area contributed by atoms with E-state index in [9.17, 15) is 4.79 Å². The van der Waals surface area contributed by atoms with Crippen molar-refractivity contribution in [2.45, 2.75) is 19.4 Å². The number of H-pyrrole nitrogens is 1. The Morgan fingerprint density at radius 1 is 1.55 bits per heavy atom. The number of hydrogen-bond acceptors (Lipinski definition) is 5. The van der Waals surface area contributed by atoms with Gasteiger partial charge in [0.05, 0.1) is 19.1 Å². The molecule has 1 amide bonds. The highest BCUT2D eigenvalue weighted by atomic mass is 79.9. The molecule has 2 aromatic rings. The van der Waals surface area contributed by atoms with E-state index in [0.717, 1.165) is 10.2 Å². The van der Waals surface area contributed by atoms with E-state index in [0.29, 0.717) is 12.4 Å². The highest BCUT2D eigenvalue weighted by molar-refractivity contribution is 9.10. The Morgan fingerprint density at radius 2 is 2.40 bits per heavy atom. The third kappa shape index (κ3) is 4.30. The number of amides is 1. The van der Waals surface area contributed by atoms with Crippen molar-refractivity contribution in [3.05, 3.63) is 34.6 Å². The Balaban J connectivity index is 1.73. The van der Waals surface area contributed by atoms with Crippen LogP contribution >= 0.6 is 15.9 Å². The van der Waals surface area contributed by atoms with Crippen molar-refractivity contribution in [3.8, 4) is 5.75 Å². The number of carbonyl (C=O) groups is 1. The predicted octanol–water partition coefficient (Wildman–Crippen LogP) is 1.61. The lowest BCUT2D eigenvalue weighted by Gasteiger charge is -2.10. The van der Waals surface area contributed by atoms with Gasteiger partial charge in [-0.05, 0) is 25.1 Å². The quantitative estimate of drug-likeness (QED) is 0.833. The van der Waals surface area contributed by atoms with Crippen LogP contribution in [0.25, 0.3) is 0 Å².